The first-order valence-electron chi connectivity index (χ1n) is 8.44. The van der Waals surface area contributed by atoms with Gasteiger partial charge in [0, 0.05) is 38.8 Å². The van der Waals surface area contributed by atoms with Crippen LogP contribution in [0.5, 0.6) is 0 Å². The van der Waals surface area contributed by atoms with Crippen LogP contribution in [0.3, 0.4) is 0 Å². The summed E-state index contributed by atoms with van der Waals surface area (Å²) in [6, 6.07) is 3.72. The van der Waals surface area contributed by atoms with Crippen LogP contribution >= 0.6 is 0 Å². The van der Waals surface area contributed by atoms with Crippen molar-refractivity contribution in [3.05, 3.63) is 24.2 Å². The van der Waals surface area contributed by atoms with E-state index in [1.54, 1.807) is 6.26 Å². The van der Waals surface area contributed by atoms with E-state index in [1.165, 1.54) is 0 Å². The number of nitrogens with one attached hydrogen (secondary N) is 2. The fourth-order valence-corrected chi connectivity index (χ4v) is 4.19. The van der Waals surface area contributed by atoms with Gasteiger partial charge in [-0.3, -0.25) is 4.99 Å². The molecule has 0 saturated carbocycles. The number of sulfone groups is 1. The Morgan fingerprint density at radius 2 is 2.38 bits per heavy atom. The van der Waals surface area contributed by atoms with Crippen LogP contribution in [0.4, 0.5) is 0 Å². The van der Waals surface area contributed by atoms with Crippen LogP contribution in [0.2, 0.25) is 0 Å². The van der Waals surface area contributed by atoms with Crippen LogP contribution in [-0.2, 0) is 21.0 Å². The summed E-state index contributed by atoms with van der Waals surface area (Å²) >= 11 is 0. The number of guanidine groups is 1. The number of ether oxygens (including phenoxy) is 1. The molecule has 0 radical (unpaired) electrons. The van der Waals surface area contributed by atoms with Crippen molar-refractivity contribution >= 4 is 15.8 Å². The van der Waals surface area contributed by atoms with Crippen molar-refractivity contribution < 1.29 is 17.6 Å². The van der Waals surface area contributed by atoms with Crippen LogP contribution in [0.1, 0.15) is 25.5 Å². The molecule has 1 aromatic rings. The number of furan rings is 1. The molecule has 0 spiro atoms. The summed E-state index contributed by atoms with van der Waals surface area (Å²) in [7, 11) is -2.91. The highest BCUT2D eigenvalue weighted by atomic mass is 32.2. The Hall–Kier alpha value is -1.54. The number of hydrogen-bond acceptors (Lipinski definition) is 5. The van der Waals surface area contributed by atoms with E-state index >= 15 is 0 Å². The first kappa shape index (κ1) is 18.8. The van der Waals surface area contributed by atoms with Gasteiger partial charge in [0.2, 0.25) is 0 Å². The number of nitrogens with zero attached hydrogens (tertiary/aromatic N) is 1. The minimum Gasteiger partial charge on any atom is -0.469 e. The lowest BCUT2D eigenvalue weighted by Crippen LogP contribution is -2.44. The van der Waals surface area contributed by atoms with Gasteiger partial charge >= 0.3 is 0 Å². The van der Waals surface area contributed by atoms with E-state index < -0.39 is 9.84 Å². The molecule has 0 bridgehead atoms. The van der Waals surface area contributed by atoms with E-state index in [2.05, 4.69) is 15.6 Å². The van der Waals surface area contributed by atoms with E-state index in [0.29, 0.717) is 38.7 Å². The highest BCUT2D eigenvalue weighted by Crippen LogP contribution is 2.11. The Bertz CT molecular complexity index is 599. The fourth-order valence-electron chi connectivity index (χ4n) is 2.52. The molecule has 1 aliphatic heterocycles. The van der Waals surface area contributed by atoms with Gasteiger partial charge in [-0.1, -0.05) is 0 Å². The summed E-state index contributed by atoms with van der Waals surface area (Å²) in [5.74, 6) is 1.97. The summed E-state index contributed by atoms with van der Waals surface area (Å²) in [4.78, 5) is 4.51. The van der Waals surface area contributed by atoms with Gasteiger partial charge in [0.05, 0.1) is 17.8 Å². The van der Waals surface area contributed by atoms with Gasteiger partial charge in [0.25, 0.3) is 0 Å². The first-order chi connectivity index (χ1) is 11.6. The van der Waals surface area contributed by atoms with E-state index in [4.69, 9.17) is 9.15 Å². The average molecular weight is 357 g/mol. The standard InChI is InChI=1S/C16H27N3O4S/c1-2-22-10-4-8-17-16(18-9-6-15-5-3-11-23-15)19-14-7-12-24(20,21)13-14/h3,5,11,14H,2,4,6-10,12-13H2,1H3,(H2,17,18,19). The SMILES string of the molecule is CCOCCCN=C(NCCc1ccco1)NC1CCS(=O)(=O)C1. The zero-order valence-corrected chi connectivity index (χ0v) is 15.0. The van der Waals surface area contributed by atoms with Gasteiger partial charge in [0.15, 0.2) is 15.8 Å². The van der Waals surface area contributed by atoms with E-state index in [9.17, 15) is 8.42 Å². The van der Waals surface area contributed by atoms with E-state index in [-0.39, 0.29) is 17.5 Å². The number of hydrogen-bond donors (Lipinski definition) is 2. The normalized spacial score (nSPS) is 20.2. The molecule has 7 nitrogen and oxygen atoms in total. The average Bonchev–Trinajstić information content (AvgIpc) is 3.16. The minimum atomic E-state index is -2.91. The van der Waals surface area contributed by atoms with Crippen molar-refractivity contribution in [3.63, 3.8) is 0 Å². The lowest BCUT2D eigenvalue weighted by Gasteiger charge is -2.16. The molecular formula is C16H27N3O4S. The summed E-state index contributed by atoms with van der Waals surface area (Å²) in [6.45, 7) is 4.65. The van der Waals surface area contributed by atoms with Crippen LogP contribution in [0, 0.1) is 0 Å². The monoisotopic (exact) mass is 357 g/mol. The summed E-state index contributed by atoms with van der Waals surface area (Å²) in [6.07, 6.45) is 3.86. The number of rotatable bonds is 9. The highest BCUT2D eigenvalue weighted by molar-refractivity contribution is 7.91. The molecule has 1 unspecified atom stereocenters. The maximum absolute atomic E-state index is 11.6. The zero-order chi connectivity index (χ0) is 17.3. The van der Waals surface area contributed by atoms with Gasteiger partial charge in [-0.15, -0.1) is 0 Å². The van der Waals surface area contributed by atoms with Crippen molar-refractivity contribution in [2.75, 3.05) is 37.8 Å². The summed E-state index contributed by atoms with van der Waals surface area (Å²) < 4.78 is 33.8. The third-order valence-corrected chi connectivity index (χ3v) is 5.51. The molecular weight excluding hydrogens is 330 g/mol. The van der Waals surface area contributed by atoms with E-state index in [0.717, 1.165) is 18.6 Å². The van der Waals surface area contributed by atoms with Gasteiger partial charge < -0.3 is 19.8 Å². The molecule has 1 aliphatic rings. The molecule has 8 heteroatoms. The second-order valence-electron chi connectivity index (χ2n) is 5.78. The minimum absolute atomic E-state index is 0.0724. The predicted molar refractivity (Wildman–Crippen MR) is 94.0 cm³/mol. The largest absolute Gasteiger partial charge is 0.469 e. The number of aliphatic imine (C=N–C) groups is 1. The predicted octanol–water partition coefficient (Wildman–Crippen LogP) is 0.971. The van der Waals surface area contributed by atoms with Crippen molar-refractivity contribution in [1.29, 1.82) is 0 Å². The molecule has 0 aliphatic carbocycles. The first-order valence-corrected chi connectivity index (χ1v) is 10.3. The molecule has 0 amide bonds. The molecule has 1 atom stereocenters. The third-order valence-electron chi connectivity index (χ3n) is 3.74. The summed E-state index contributed by atoms with van der Waals surface area (Å²) in [5.41, 5.74) is 0. The Morgan fingerprint density at radius 3 is 3.04 bits per heavy atom. The molecule has 2 rings (SSSR count). The van der Waals surface area contributed by atoms with E-state index in [1.807, 2.05) is 19.1 Å². The van der Waals surface area contributed by atoms with Crippen molar-refractivity contribution in [3.8, 4) is 0 Å². The lowest BCUT2D eigenvalue weighted by molar-refractivity contribution is 0.146. The Balaban J connectivity index is 1.81. The molecule has 1 saturated heterocycles. The molecule has 24 heavy (non-hydrogen) atoms. The Labute approximate surface area is 143 Å². The Morgan fingerprint density at radius 1 is 1.50 bits per heavy atom. The van der Waals surface area contributed by atoms with Crippen LogP contribution in [-0.4, -0.2) is 58.2 Å². The maximum atomic E-state index is 11.6. The van der Waals surface area contributed by atoms with Crippen molar-refractivity contribution in [2.45, 2.75) is 32.2 Å². The molecule has 1 aromatic heterocycles. The molecule has 1 fully saturated rings. The van der Waals surface area contributed by atoms with Crippen molar-refractivity contribution in [2.24, 2.45) is 4.99 Å². The smallest absolute Gasteiger partial charge is 0.191 e. The molecule has 0 aromatic carbocycles. The zero-order valence-electron chi connectivity index (χ0n) is 14.2. The van der Waals surface area contributed by atoms with Gasteiger partial charge in [-0.25, -0.2) is 8.42 Å². The molecule has 136 valence electrons. The second-order valence-corrected chi connectivity index (χ2v) is 8.01. The summed E-state index contributed by atoms with van der Waals surface area (Å²) in [5, 5.41) is 6.48. The second kappa shape index (κ2) is 9.68. The molecule has 2 heterocycles. The molecule has 2 N–H and O–H groups in total. The quantitative estimate of drug-likeness (QED) is 0.389. The fraction of sp³-hybridized carbons (Fsp3) is 0.688. The lowest BCUT2D eigenvalue weighted by atomic mass is 10.3. The van der Waals surface area contributed by atoms with Crippen LogP contribution in [0.15, 0.2) is 27.8 Å². The van der Waals surface area contributed by atoms with Crippen LogP contribution < -0.4 is 10.6 Å². The highest BCUT2D eigenvalue weighted by Gasteiger charge is 2.28. The van der Waals surface area contributed by atoms with Gasteiger partial charge in [-0.05, 0) is 31.9 Å². The topological polar surface area (TPSA) is 92.9 Å². The maximum Gasteiger partial charge on any atom is 0.191 e. The third kappa shape index (κ3) is 6.92. The van der Waals surface area contributed by atoms with Gasteiger partial charge in [0.1, 0.15) is 5.76 Å². The van der Waals surface area contributed by atoms with Gasteiger partial charge in [-0.2, -0.15) is 0 Å². The van der Waals surface area contributed by atoms with Crippen LogP contribution in [0.25, 0.3) is 0 Å². The Kier molecular flexibility index (Phi) is 7.58. The van der Waals surface area contributed by atoms with Crippen molar-refractivity contribution in [1.82, 2.24) is 10.6 Å².